The molecule has 5 atom stereocenters. The first-order valence-electron chi connectivity index (χ1n) is 12.2. The molecule has 1 aliphatic rings. The standard InChI is InChI=1S/C25H33NO14/c1-13(29)35-12-20-21(36-14(2)30)22(37-15(3)31)23(38-16(4)32)25(40-20)39-19-6-5-17(11-18(19)33)24(34)26(7-9-27)8-10-28/h5-6,11,20-23,25,27-28,33H,7-10,12H2,1-4H3/t20-,21-,22+,23-,25-/m0/s1. The van der Waals surface area contributed by atoms with Crippen molar-refractivity contribution in [2.24, 2.45) is 0 Å². The summed E-state index contributed by atoms with van der Waals surface area (Å²) in [6.07, 6.45) is -7.24. The van der Waals surface area contributed by atoms with E-state index in [1.165, 1.54) is 17.0 Å². The number of rotatable bonds is 12. The van der Waals surface area contributed by atoms with Crippen molar-refractivity contribution in [2.75, 3.05) is 32.9 Å². The van der Waals surface area contributed by atoms with Crippen molar-refractivity contribution < 1.29 is 67.7 Å². The molecule has 0 aliphatic carbocycles. The van der Waals surface area contributed by atoms with Gasteiger partial charge in [-0.3, -0.25) is 24.0 Å². The third-order valence-corrected chi connectivity index (χ3v) is 5.42. The van der Waals surface area contributed by atoms with E-state index in [4.69, 9.17) is 28.4 Å². The van der Waals surface area contributed by atoms with Gasteiger partial charge in [0.25, 0.3) is 5.91 Å². The molecule has 1 aromatic rings. The van der Waals surface area contributed by atoms with Gasteiger partial charge in [0.2, 0.25) is 12.4 Å². The molecule has 1 aromatic carbocycles. The number of esters is 4. The minimum atomic E-state index is -1.59. The molecule has 0 radical (unpaired) electrons. The summed E-state index contributed by atoms with van der Waals surface area (Å²) < 4.78 is 32.5. The maximum Gasteiger partial charge on any atom is 0.303 e. The predicted molar refractivity (Wildman–Crippen MR) is 131 cm³/mol. The number of hydrogen-bond donors (Lipinski definition) is 3. The molecule has 0 bridgehead atoms. The second-order valence-corrected chi connectivity index (χ2v) is 8.61. The lowest BCUT2D eigenvalue weighted by Gasteiger charge is -2.43. The Bertz CT molecular complexity index is 1070. The van der Waals surface area contributed by atoms with Gasteiger partial charge in [0.05, 0.1) is 13.2 Å². The molecule has 1 amide bonds. The van der Waals surface area contributed by atoms with Crippen LogP contribution in [0, 0.1) is 0 Å². The van der Waals surface area contributed by atoms with Gasteiger partial charge >= 0.3 is 23.9 Å². The van der Waals surface area contributed by atoms with E-state index in [1.54, 1.807) is 0 Å². The van der Waals surface area contributed by atoms with Crippen LogP contribution in [0.25, 0.3) is 0 Å². The molecule has 0 spiro atoms. The van der Waals surface area contributed by atoms with Gasteiger partial charge in [0.15, 0.2) is 23.7 Å². The summed E-state index contributed by atoms with van der Waals surface area (Å²) in [5.74, 6) is -4.51. The molecule has 15 heteroatoms. The number of carbonyl (C=O) groups excluding carboxylic acids is 5. The minimum Gasteiger partial charge on any atom is -0.504 e. The first kappa shape index (κ1) is 32.3. The number of aromatic hydroxyl groups is 1. The van der Waals surface area contributed by atoms with Crippen LogP contribution in [-0.2, 0) is 42.9 Å². The Kier molecular flexibility index (Phi) is 12.1. The molecule has 3 N–H and O–H groups in total. The van der Waals surface area contributed by atoms with Gasteiger partial charge < -0.3 is 48.6 Å². The van der Waals surface area contributed by atoms with Gasteiger partial charge in [-0.05, 0) is 18.2 Å². The Hall–Kier alpha value is -3.95. The number of amides is 1. The molecule has 0 aromatic heterocycles. The first-order valence-corrected chi connectivity index (χ1v) is 12.2. The molecule has 15 nitrogen and oxygen atoms in total. The summed E-state index contributed by atoms with van der Waals surface area (Å²) in [5.41, 5.74) is 0.00768. The summed E-state index contributed by atoms with van der Waals surface area (Å²) in [6.45, 7) is 3.08. The fraction of sp³-hybridized carbons (Fsp3) is 0.560. The number of benzene rings is 1. The van der Waals surface area contributed by atoms with E-state index < -0.39 is 72.8 Å². The van der Waals surface area contributed by atoms with Crippen LogP contribution in [0.15, 0.2) is 18.2 Å². The SMILES string of the molecule is CC(=O)OC[C@@H]1O[C@H](Oc2ccc(C(=O)N(CCO)CCO)cc2O)[C@@H](OC(C)=O)[C@H](OC(C)=O)[C@H]1OC(C)=O. The highest BCUT2D eigenvalue weighted by Gasteiger charge is 2.53. The third kappa shape index (κ3) is 9.07. The summed E-state index contributed by atoms with van der Waals surface area (Å²) in [4.78, 5) is 61.1. The number of aliphatic hydroxyl groups is 2. The number of phenols is 1. The lowest BCUT2D eigenvalue weighted by Crippen LogP contribution is -2.63. The Morgan fingerprint density at radius 1 is 0.825 bits per heavy atom. The number of phenolic OH excluding ortho intramolecular Hbond substituents is 1. The molecule has 222 valence electrons. The van der Waals surface area contributed by atoms with Crippen LogP contribution in [0.3, 0.4) is 0 Å². The van der Waals surface area contributed by atoms with Crippen molar-refractivity contribution in [1.82, 2.24) is 4.90 Å². The Labute approximate surface area is 229 Å². The van der Waals surface area contributed by atoms with Gasteiger partial charge in [-0.1, -0.05) is 0 Å². The lowest BCUT2D eigenvalue weighted by atomic mass is 9.98. The van der Waals surface area contributed by atoms with Crippen LogP contribution in [0.4, 0.5) is 0 Å². The van der Waals surface area contributed by atoms with E-state index in [0.717, 1.165) is 33.8 Å². The monoisotopic (exact) mass is 571 g/mol. The number of ether oxygens (including phenoxy) is 6. The summed E-state index contributed by atoms with van der Waals surface area (Å²) >= 11 is 0. The van der Waals surface area contributed by atoms with E-state index >= 15 is 0 Å². The summed E-state index contributed by atoms with van der Waals surface area (Å²) in [5, 5.41) is 29.0. The van der Waals surface area contributed by atoms with Gasteiger partial charge in [-0.25, -0.2) is 0 Å². The second-order valence-electron chi connectivity index (χ2n) is 8.61. The third-order valence-electron chi connectivity index (χ3n) is 5.42. The number of aliphatic hydroxyl groups excluding tert-OH is 2. The van der Waals surface area contributed by atoms with Crippen LogP contribution in [0.5, 0.6) is 11.5 Å². The van der Waals surface area contributed by atoms with Gasteiger partial charge in [0.1, 0.15) is 12.7 Å². The zero-order valence-corrected chi connectivity index (χ0v) is 22.4. The average molecular weight is 572 g/mol. The van der Waals surface area contributed by atoms with E-state index in [-0.39, 0.29) is 37.6 Å². The minimum absolute atomic E-state index is 0.00768. The zero-order valence-electron chi connectivity index (χ0n) is 22.4. The number of nitrogens with zero attached hydrogens (tertiary/aromatic N) is 1. The van der Waals surface area contributed by atoms with E-state index in [1.807, 2.05) is 0 Å². The van der Waals surface area contributed by atoms with Crippen LogP contribution in [0.2, 0.25) is 0 Å². The topological polar surface area (TPSA) is 205 Å². The van der Waals surface area contributed by atoms with Crippen molar-refractivity contribution >= 4 is 29.8 Å². The van der Waals surface area contributed by atoms with Gasteiger partial charge in [0, 0.05) is 46.3 Å². The number of hydrogen-bond acceptors (Lipinski definition) is 14. The fourth-order valence-electron chi connectivity index (χ4n) is 3.90. The normalized spacial score (nSPS) is 22.0. The highest BCUT2D eigenvalue weighted by Crippen LogP contribution is 2.34. The molecule has 1 heterocycles. The summed E-state index contributed by atoms with van der Waals surface area (Å²) in [7, 11) is 0. The lowest BCUT2D eigenvalue weighted by molar-refractivity contribution is -0.288. The van der Waals surface area contributed by atoms with E-state index in [2.05, 4.69) is 0 Å². The Balaban J connectivity index is 2.45. The van der Waals surface area contributed by atoms with Crippen LogP contribution >= 0.6 is 0 Å². The van der Waals surface area contributed by atoms with Crippen molar-refractivity contribution in [1.29, 1.82) is 0 Å². The second kappa shape index (κ2) is 15.0. The Morgan fingerprint density at radius 3 is 1.88 bits per heavy atom. The van der Waals surface area contributed by atoms with Crippen molar-refractivity contribution in [3.05, 3.63) is 23.8 Å². The summed E-state index contributed by atoms with van der Waals surface area (Å²) in [6, 6.07) is 3.59. The zero-order chi connectivity index (χ0) is 30.0. The van der Waals surface area contributed by atoms with E-state index in [0.29, 0.717) is 0 Å². The highest BCUT2D eigenvalue weighted by molar-refractivity contribution is 5.95. The molecule has 0 unspecified atom stereocenters. The van der Waals surface area contributed by atoms with Crippen molar-refractivity contribution in [2.45, 2.75) is 58.4 Å². The largest absolute Gasteiger partial charge is 0.504 e. The molecular formula is C25H33NO14. The van der Waals surface area contributed by atoms with Crippen molar-refractivity contribution in [3.63, 3.8) is 0 Å². The molecule has 40 heavy (non-hydrogen) atoms. The average Bonchev–Trinajstić information content (AvgIpc) is 2.86. The van der Waals surface area contributed by atoms with Crippen molar-refractivity contribution in [3.8, 4) is 11.5 Å². The smallest absolute Gasteiger partial charge is 0.303 e. The van der Waals surface area contributed by atoms with Gasteiger partial charge in [-0.15, -0.1) is 0 Å². The Morgan fingerprint density at radius 2 is 1.38 bits per heavy atom. The van der Waals surface area contributed by atoms with E-state index in [9.17, 15) is 39.3 Å². The highest BCUT2D eigenvalue weighted by atomic mass is 16.7. The molecule has 0 saturated carbocycles. The van der Waals surface area contributed by atoms with Crippen LogP contribution in [-0.4, -0.2) is 114 Å². The number of carbonyl (C=O) groups is 5. The maximum atomic E-state index is 12.7. The van der Waals surface area contributed by atoms with Crippen LogP contribution < -0.4 is 4.74 Å². The van der Waals surface area contributed by atoms with Crippen LogP contribution in [0.1, 0.15) is 38.1 Å². The molecule has 1 fully saturated rings. The molecule has 1 saturated heterocycles. The molecule has 1 aliphatic heterocycles. The predicted octanol–water partition coefficient (Wildman–Crippen LogP) is -0.719. The molecule has 2 rings (SSSR count). The maximum absolute atomic E-state index is 12.7. The van der Waals surface area contributed by atoms with Gasteiger partial charge in [-0.2, -0.15) is 0 Å². The first-order chi connectivity index (χ1) is 18.9. The quantitative estimate of drug-likeness (QED) is 0.209. The molecular weight excluding hydrogens is 538 g/mol. The fourth-order valence-corrected chi connectivity index (χ4v) is 3.90.